The maximum absolute atomic E-state index is 6.03. The molecule has 2 aromatic carbocycles. The van der Waals surface area contributed by atoms with Crippen molar-refractivity contribution >= 4 is 34.3 Å². The van der Waals surface area contributed by atoms with Gasteiger partial charge in [-0.05, 0) is 48.2 Å². The van der Waals surface area contributed by atoms with Crippen LogP contribution in [0.5, 0.6) is 0 Å². The summed E-state index contributed by atoms with van der Waals surface area (Å²) in [5.41, 5.74) is 3.66. The van der Waals surface area contributed by atoms with Crippen LogP contribution in [0.2, 0.25) is 5.02 Å². The van der Waals surface area contributed by atoms with Gasteiger partial charge in [-0.2, -0.15) is 4.98 Å². The molecule has 0 bridgehead atoms. The first-order valence-electron chi connectivity index (χ1n) is 9.38. The highest BCUT2D eigenvalue weighted by Gasteiger charge is 2.04. The predicted molar refractivity (Wildman–Crippen MR) is 116 cm³/mol. The van der Waals surface area contributed by atoms with E-state index in [0.29, 0.717) is 5.95 Å². The van der Waals surface area contributed by atoms with Crippen molar-refractivity contribution in [1.29, 1.82) is 0 Å². The summed E-state index contributed by atoms with van der Waals surface area (Å²) in [6, 6.07) is 18.1. The molecule has 0 saturated heterocycles. The summed E-state index contributed by atoms with van der Waals surface area (Å²) < 4.78 is 0. The molecule has 2 heterocycles. The molecule has 5 nitrogen and oxygen atoms in total. The van der Waals surface area contributed by atoms with Crippen molar-refractivity contribution < 1.29 is 0 Å². The van der Waals surface area contributed by atoms with Crippen LogP contribution in [0.25, 0.3) is 10.9 Å². The molecule has 0 aliphatic rings. The van der Waals surface area contributed by atoms with Crippen molar-refractivity contribution in [3.05, 3.63) is 83.1 Å². The van der Waals surface area contributed by atoms with Crippen molar-refractivity contribution in [3.63, 3.8) is 0 Å². The molecule has 28 heavy (non-hydrogen) atoms. The molecule has 0 spiro atoms. The van der Waals surface area contributed by atoms with Gasteiger partial charge in [0, 0.05) is 41.4 Å². The Kier molecular flexibility index (Phi) is 5.73. The zero-order valence-electron chi connectivity index (χ0n) is 15.5. The Morgan fingerprint density at radius 1 is 0.929 bits per heavy atom. The number of anilines is 2. The molecule has 0 atom stereocenters. The van der Waals surface area contributed by atoms with E-state index in [2.05, 4.69) is 56.0 Å². The van der Waals surface area contributed by atoms with Gasteiger partial charge >= 0.3 is 0 Å². The molecule has 2 aromatic heterocycles. The maximum atomic E-state index is 6.03. The van der Waals surface area contributed by atoms with Crippen LogP contribution in [0.4, 0.5) is 11.8 Å². The molecule has 142 valence electrons. The molecule has 0 saturated carbocycles. The van der Waals surface area contributed by atoms with Crippen molar-refractivity contribution in [2.24, 2.45) is 0 Å². The zero-order valence-corrected chi connectivity index (χ0v) is 16.2. The number of halogens is 1. The molecule has 4 aromatic rings. The van der Waals surface area contributed by atoms with Crippen LogP contribution in [0.15, 0.2) is 67.0 Å². The first-order chi connectivity index (χ1) is 13.8. The van der Waals surface area contributed by atoms with Crippen LogP contribution in [0.1, 0.15) is 11.1 Å². The molecular weight excluding hydrogens is 370 g/mol. The van der Waals surface area contributed by atoms with Gasteiger partial charge in [-0.1, -0.05) is 41.9 Å². The zero-order chi connectivity index (χ0) is 19.2. The van der Waals surface area contributed by atoms with Gasteiger partial charge in [0.1, 0.15) is 5.82 Å². The lowest BCUT2D eigenvalue weighted by atomic mass is 10.1. The summed E-state index contributed by atoms with van der Waals surface area (Å²) >= 11 is 6.03. The second-order valence-electron chi connectivity index (χ2n) is 6.61. The van der Waals surface area contributed by atoms with Gasteiger partial charge in [0.05, 0.1) is 0 Å². The van der Waals surface area contributed by atoms with Crippen molar-refractivity contribution in [1.82, 2.24) is 15.0 Å². The number of aromatic amines is 1. The third-order valence-corrected chi connectivity index (χ3v) is 4.85. The van der Waals surface area contributed by atoms with Crippen LogP contribution >= 0.6 is 11.6 Å². The van der Waals surface area contributed by atoms with Gasteiger partial charge < -0.3 is 15.6 Å². The maximum Gasteiger partial charge on any atom is 0.224 e. The van der Waals surface area contributed by atoms with Gasteiger partial charge in [-0.3, -0.25) is 0 Å². The number of hydrogen-bond acceptors (Lipinski definition) is 4. The highest BCUT2D eigenvalue weighted by atomic mass is 35.5. The Labute approximate surface area is 169 Å². The summed E-state index contributed by atoms with van der Waals surface area (Å²) in [6.45, 7) is 1.56. The number of H-pyrrole nitrogens is 1. The Balaban J connectivity index is 1.28. The summed E-state index contributed by atoms with van der Waals surface area (Å²) in [4.78, 5) is 12.2. The summed E-state index contributed by atoms with van der Waals surface area (Å²) in [6.07, 6.45) is 5.62. The van der Waals surface area contributed by atoms with Crippen LogP contribution < -0.4 is 10.6 Å². The number of nitrogens with one attached hydrogen (secondary N) is 3. The third kappa shape index (κ3) is 4.61. The normalized spacial score (nSPS) is 10.9. The fourth-order valence-electron chi connectivity index (χ4n) is 3.22. The van der Waals surface area contributed by atoms with E-state index in [0.717, 1.165) is 36.8 Å². The van der Waals surface area contributed by atoms with Gasteiger partial charge in [0.2, 0.25) is 5.95 Å². The highest BCUT2D eigenvalue weighted by molar-refractivity contribution is 6.30. The molecule has 0 unspecified atom stereocenters. The Morgan fingerprint density at radius 2 is 1.82 bits per heavy atom. The van der Waals surface area contributed by atoms with E-state index in [4.69, 9.17) is 11.6 Å². The minimum absolute atomic E-state index is 0.632. The van der Waals surface area contributed by atoms with E-state index in [1.54, 1.807) is 6.20 Å². The Bertz CT molecular complexity index is 1060. The first kappa shape index (κ1) is 18.3. The number of rotatable bonds is 8. The van der Waals surface area contributed by atoms with Crippen molar-refractivity contribution in [2.75, 3.05) is 23.7 Å². The van der Waals surface area contributed by atoms with Crippen LogP contribution in [-0.2, 0) is 12.8 Å². The average Bonchev–Trinajstić information content (AvgIpc) is 3.12. The number of aromatic nitrogens is 3. The molecule has 0 aliphatic carbocycles. The number of fused-ring (bicyclic) bond motifs is 1. The van der Waals surface area contributed by atoms with E-state index < -0.39 is 0 Å². The first-order valence-corrected chi connectivity index (χ1v) is 9.76. The van der Waals surface area contributed by atoms with Crippen LogP contribution in [0.3, 0.4) is 0 Å². The van der Waals surface area contributed by atoms with E-state index in [-0.39, 0.29) is 0 Å². The smallest absolute Gasteiger partial charge is 0.224 e. The standard InChI is InChI=1S/C22H22ClN5/c23-18-5-3-4-16(14-18)8-11-24-21-10-13-26-22(28-21)25-12-9-17-15-27-20-7-2-1-6-19(17)20/h1-7,10,13-15,27H,8-9,11-12H2,(H2,24,25,26,28). The predicted octanol–water partition coefficient (Wildman–Crippen LogP) is 4.92. The third-order valence-electron chi connectivity index (χ3n) is 4.62. The van der Waals surface area contributed by atoms with Crippen LogP contribution in [0, 0.1) is 0 Å². The quantitative estimate of drug-likeness (QED) is 0.399. The molecule has 3 N–H and O–H groups in total. The SMILES string of the molecule is Clc1cccc(CCNc2ccnc(NCCc3c[nH]c4ccccc34)n2)c1. The minimum atomic E-state index is 0.632. The second kappa shape index (κ2) is 8.76. The van der Waals surface area contributed by atoms with Gasteiger partial charge in [-0.25, -0.2) is 4.98 Å². The fourth-order valence-corrected chi connectivity index (χ4v) is 3.43. The lowest BCUT2D eigenvalue weighted by Crippen LogP contribution is -2.10. The molecule has 0 radical (unpaired) electrons. The molecule has 6 heteroatoms. The Morgan fingerprint density at radius 3 is 2.75 bits per heavy atom. The summed E-state index contributed by atoms with van der Waals surface area (Å²) in [7, 11) is 0. The highest BCUT2D eigenvalue weighted by Crippen LogP contribution is 2.18. The number of nitrogens with zero attached hydrogens (tertiary/aromatic N) is 2. The molecule has 4 rings (SSSR count). The average molecular weight is 392 g/mol. The van der Waals surface area contributed by atoms with Gasteiger partial charge in [0.25, 0.3) is 0 Å². The number of benzene rings is 2. The summed E-state index contributed by atoms with van der Waals surface area (Å²) in [5, 5.41) is 8.68. The lowest BCUT2D eigenvalue weighted by Gasteiger charge is -2.08. The largest absolute Gasteiger partial charge is 0.370 e. The molecule has 0 aliphatic heterocycles. The van der Waals surface area contributed by atoms with E-state index >= 15 is 0 Å². The minimum Gasteiger partial charge on any atom is -0.370 e. The Hall–Kier alpha value is -3.05. The monoisotopic (exact) mass is 391 g/mol. The topological polar surface area (TPSA) is 65.6 Å². The van der Waals surface area contributed by atoms with E-state index in [9.17, 15) is 0 Å². The van der Waals surface area contributed by atoms with Crippen LogP contribution in [-0.4, -0.2) is 28.0 Å². The van der Waals surface area contributed by atoms with Crippen molar-refractivity contribution in [3.8, 4) is 0 Å². The van der Waals surface area contributed by atoms with Gasteiger partial charge in [0.15, 0.2) is 0 Å². The van der Waals surface area contributed by atoms with E-state index in [1.165, 1.54) is 22.0 Å². The number of para-hydroxylation sites is 1. The lowest BCUT2D eigenvalue weighted by molar-refractivity contribution is 0.973. The van der Waals surface area contributed by atoms with Crippen molar-refractivity contribution in [2.45, 2.75) is 12.8 Å². The number of hydrogen-bond donors (Lipinski definition) is 3. The fraction of sp³-hybridized carbons (Fsp3) is 0.182. The molecule has 0 fully saturated rings. The summed E-state index contributed by atoms with van der Waals surface area (Å²) in [5.74, 6) is 1.44. The van der Waals surface area contributed by atoms with Gasteiger partial charge in [-0.15, -0.1) is 0 Å². The molecule has 0 amide bonds. The second-order valence-corrected chi connectivity index (χ2v) is 7.04. The molecular formula is C22H22ClN5. The van der Waals surface area contributed by atoms with E-state index in [1.807, 2.05) is 30.3 Å².